The summed E-state index contributed by atoms with van der Waals surface area (Å²) in [4.78, 5) is 0. The zero-order chi connectivity index (χ0) is 12.2. The van der Waals surface area contributed by atoms with Gasteiger partial charge in [-0.25, -0.2) is 0 Å². The molecule has 0 aromatic rings. The Morgan fingerprint density at radius 1 is 0.533 bits per heavy atom. The van der Waals surface area contributed by atoms with Gasteiger partial charge in [-0.3, -0.25) is 0 Å². The molecule has 0 fully saturated rings. The minimum atomic E-state index is -0.989. The van der Waals surface area contributed by atoms with Crippen LogP contribution in [0.1, 0.15) is 55.4 Å². The zero-order valence-corrected chi connectivity index (χ0v) is 14.2. The lowest BCUT2D eigenvalue weighted by molar-refractivity contribution is 0.518. The van der Waals surface area contributed by atoms with Crippen LogP contribution >= 0.6 is 0 Å². The molecule has 0 bridgehead atoms. The molecule has 0 aliphatic heterocycles. The Bertz CT molecular complexity index is 133. The van der Waals surface area contributed by atoms with E-state index in [2.05, 4.69) is 55.4 Å². The molecule has 0 heterocycles. The first-order valence-corrected chi connectivity index (χ1v) is 10.0. The Labute approximate surface area is 106 Å². The van der Waals surface area contributed by atoms with E-state index in [-0.39, 0.29) is 0 Å². The molecule has 0 rings (SSSR count). The first kappa shape index (κ1) is 16.0. The molecule has 0 radical (unpaired) electrons. The van der Waals surface area contributed by atoms with Gasteiger partial charge in [-0.2, -0.15) is 0 Å². The van der Waals surface area contributed by atoms with E-state index in [0.29, 0.717) is 0 Å². The van der Waals surface area contributed by atoms with Gasteiger partial charge >= 0.3 is 29.0 Å². The highest BCUT2D eigenvalue weighted by atomic mass is 27.3. The summed E-state index contributed by atoms with van der Waals surface area (Å²) in [7, 11) is 0. The summed E-state index contributed by atoms with van der Waals surface area (Å²) >= 11 is -1.98. The topological polar surface area (TPSA) is 9.23 Å². The van der Waals surface area contributed by atoms with Crippen molar-refractivity contribution in [1.29, 1.82) is 0 Å². The van der Waals surface area contributed by atoms with Crippen molar-refractivity contribution in [2.24, 2.45) is 0 Å². The molecular formula is C12H28Al2O. The monoisotopic (exact) mass is 242 g/mol. The molecule has 0 amide bonds. The average molecular weight is 242 g/mol. The predicted octanol–water partition coefficient (Wildman–Crippen LogP) is 4.63. The molecule has 0 aromatic carbocycles. The van der Waals surface area contributed by atoms with Crippen molar-refractivity contribution in [1.82, 2.24) is 0 Å². The summed E-state index contributed by atoms with van der Waals surface area (Å²) in [5.74, 6) is 0. The highest BCUT2D eigenvalue weighted by Gasteiger charge is 2.36. The van der Waals surface area contributed by atoms with Crippen molar-refractivity contribution >= 4 is 29.0 Å². The van der Waals surface area contributed by atoms with Crippen LogP contribution < -0.4 is 0 Å². The van der Waals surface area contributed by atoms with Crippen LogP contribution in [-0.2, 0) is 2.84 Å². The van der Waals surface area contributed by atoms with E-state index in [1.165, 1.54) is 0 Å². The molecule has 88 valence electrons. The number of hydrogen-bond donors (Lipinski definition) is 0. The third-order valence-electron chi connectivity index (χ3n) is 2.94. The fraction of sp³-hybridized carbons (Fsp3) is 1.00. The standard InChI is InChI=1S/4C3H7.2Al.O/c4*1-3-2;;;/h4*3H,1-2H3;;;. The Morgan fingerprint density at radius 3 is 0.867 bits per heavy atom. The normalized spacial score (nSPS) is 12.0. The van der Waals surface area contributed by atoms with Crippen molar-refractivity contribution < 1.29 is 2.84 Å². The maximum absolute atomic E-state index is 6.57. The lowest BCUT2D eigenvalue weighted by Gasteiger charge is -2.29. The van der Waals surface area contributed by atoms with E-state index in [0.717, 1.165) is 19.1 Å². The van der Waals surface area contributed by atoms with E-state index in [4.69, 9.17) is 2.84 Å². The zero-order valence-electron chi connectivity index (χ0n) is 11.9. The minimum Gasteiger partial charge on any atom is -0.636 e. The molecule has 0 unspecified atom stereocenters. The summed E-state index contributed by atoms with van der Waals surface area (Å²) < 4.78 is 9.68. The second-order valence-electron chi connectivity index (χ2n) is 6.04. The molecule has 3 heteroatoms. The molecule has 0 N–H and O–H groups in total. The van der Waals surface area contributed by atoms with Crippen molar-refractivity contribution in [3.8, 4) is 0 Å². The molecule has 15 heavy (non-hydrogen) atoms. The van der Waals surface area contributed by atoms with Crippen LogP contribution in [0.4, 0.5) is 0 Å². The molecule has 0 aliphatic rings. The SMILES string of the molecule is C[CH](C)[Al]([O][Al]([CH](C)C)[CH](C)C)[CH](C)C. The molecule has 0 saturated carbocycles. The fourth-order valence-corrected chi connectivity index (χ4v) is 11.9. The highest BCUT2D eigenvalue weighted by molar-refractivity contribution is 6.69. The number of rotatable bonds is 6. The lowest BCUT2D eigenvalue weighted by Crippen LogP contribution is -2.37. The maximum Gasteiger partial charge on any atom is 0.435 e. The van der Waals surface area contributed by atoms with Crippen LogP contribution in [0.2, 0.25) is 19.1 Å². The van der Waals surface area contributed by atoms with E-state index < -0.39 is 29.0 Å². The van der Waals surface area contributed by atoms with Crippen molar-refractivity contribution in [2.45, 2.75) is 74.5 Å². The van der Waals surface area contributed by atoms with Crippen LogP contribution in [-0.4, -0.2) is 29.0 Å². The molecule has 0 saturated heterocycles. The van der Waals surface area contributed by atoms with Gasteiger partial charge < -0.3 is 2.84 Å². The van der Waals surface area contributed by atoms with Crippen molar-refractivity contribution in [3.63, 3.8) is 0 Å². The second-order valence-corrected chi connectivity index (χ2v) is 14.3. The van der Waals surface area contributed by atoms with E-state index in [9.17, 15) is 0 Å². The van der Waals surface area contributed by atoms with Crippen molar-refractivity contribution in [3.05, 3.63) is 0 Å². The highest BCUT2D eigenvalue weighted by Crippen LogP contribution is 2.28. The largest absolute Gasteiger partial charge is 0.636 e. The fourth-order valence-electron chi connectivity index (χ4n) is 2.35. The summed E-state index contributed by atoms with van der Waals surface area (Å²) in [5.41, 5.74) is 0. The van der Waals surface area contributed by atoms with Crippen LogP contribution in [0.5, 0.6) is 0 Å². The smallest absolute Gasteiger partial charge is 0.435 e. The summed E-state index contributed by atoms with van der Waals surface area (Å²) in [5, 5.41) is 0. The third kappa shape index (κ3) is 5.77. The predicted molar refractivity (Wildman–Crippen MR) is 73.0 cm³/mol. The van der Waals surface area contributed by atoms with E-state index in [1.54, 1.807) is 0 Å². The Kier molecular flexibility index (Phi) is 7.87. The molecule has 0 aromatic heterocycles. The molecule has 0 aliphatic carbocycles. The first-order valence-electron chi connectivity index (χ1n) is 6.42. The van der Waals surface area contributed by atoms with Gasteiger partial charge in [0.15, 0.2) is 0 Å². The summed E-state index contributed by atoms with van der Waals surface area (Å²) in [6.45, 7) is 18.7. The van der Waals surface area contributed by atoms with E-state index in [1.807, 2.05) is 0 Å². The molecular weight excluding hydrogens is 214 g/mol. The lowest BCUT2D eigenvalue weighted by atomic mass is 10.5. The van der Waals surface area contributed by atoms with Gasteiger partial charge in [-0.15, -0.1) is 0 Å². The van der Waals surface area contributed by atoms with Crippen LogP contribution in [0.25, 0.3) is 0 Å². The van der Waals surface area contributed by atoms with Gasteiger partial charge in [0.25, 0.3) is 0 Å². The summed E-state index contributed by atoms with van der Waals surface area (Å²) in [6, 6.07) is 0. The van der Waals surface area contributed by atoms with Gasteiger partial charge in [0.05, 0.1) is 0 Å². The average Bonchev–Trinajstić information content (AvgIpc) is 2.01. The Balaban J connectivity index is 4.48. The van der Waals surface area contributed by atoms with Gasteiger partial charge in [0.1, 0.15) is 0 Å². The summed E-state index contributed by atoms with van der Waals surface area (Å²) in [6.07, 6.45) is 0. The van der Waals surface area contributed by atoms with Crippen LogP contribution in [0.3, 0.4) is 0 Å². The number of hydrogen-bond acceptors (Lipinski definition) is 1. The van der Waals surface area contributed by atoms with Gasteiger partial charge in [0.2, 0.25) is 0 Å². The Hall–Kier alpha value is 1.02. The van der Waals surface area contributed by atoms with Gasteiger partial charge in [-0.05, 0) is 0 Å². The van der Waals surface area contributed by atoms with Crippen LogP contribution in [0, 0.1) is 0 Å². The molecule has 1 nitrogen and oxygen atoms in total. The van der Waals surface area contributed by atoms with Crippen molar-refractivity contribution in [2.75, 3.05) is 0 Å². The second kappa shape index (κ2) is 7.37. The van der Waals surface area contributed by atoms with E-state index >= 15 is 0 Å². The third-order valence-corrected chi connectivity index (χ3v) is 10.7. The molecule has 0 spiro atoms. The Morgan fingerprint density at radius 2 is 0.733 bits per heavy atom. The quantitative estimate of drug-likeness (QED) is 0.617. The first-order chi connectivity index (χ1) is 6.77. The maximum atomic E-state index is 6.57. The van der Waals surface area contributed by atoms with Gasteiger partial charge in [0, 0.05) is 0 Å². The molecule has 0 atom stereocenters. The van der Waals surface area contributed by atoms with Gasteiger partial charge in [-0.1, -0.05) is 74.5 Å². The minimum absolute atomic E-state index is 0.775. The van der Waals surface area contributed by atoms with Crippen LogP contribution in [0.15, 0.2) is 0 Å².